The molecule has 0 bridgehead atoms. The summed E-state index contributed by atoms with van der Waals surface area (Å²) in [6.07, 6.45) is 0.971. The van der Waals surface area contributed by atoms with Crippen molar-refractivity contribution in [1.29, 1.82) is 0 Å². The third kappa shape index (κ3) is 4.29. The quantitative estimate of drug-likeness (QED) is 0.781. The molecule has 1 aliphatic rings. The second-order valence-corrected chi connectivity index (χ2v) is 6.05. The molecule has 1 aliphatic heterocycles. The Bertz CT molecular complexity index is 515. The molecule has 1 heterocycles. The highest BCUT2D eigenvalue weighted by Crippen LogP contribution is 2.26. The molecule has 0 spiro atoms. The summed E-state index contributed by atoms with van der Waals surface area (Å²) in [5, 5.41) is 2.66. The molecule has 20 heavy (non-hydrogen) atoms. The number of hydrogen-bond acceptors (Lipinski definition) is 4. The summed E-state index contributed by atoms with van der Waals surface area (Å²) in [4.78, 5) is 23.3. The summed E-state index contributed by atoms with van der Waals surface area (Å²) >= 11 is 6.66. The smallest absolute Gasteiger partial charge is 0.335 e. The maximum atomic E-state index is 11.7. The van der Waals surface area contributed by atoms with Crippen molar-refractivity contribution < 1.29 is 19.1 Å². The Morgan fingerprint density at radius 1 is 1.40 bits per heavy atom. The van der Waals surface area contributed by atoms with Gasteiger partial charge in [-0.1, -0.05) is 15.9 Å². The molecule has 0 aromatic heterocycles. The Balaban J connectivity index is 1.81. The lowest BCUT2D eigenvalue weighted by Gasteiger charge is -2.10. The third-order valence-corrected chi connectivity index (χ3v) is 3.89. The van der Waals surface area contributed by atoms with Crippen LogP contribution >= 0.6 is 31.9 Å². The van der Waals surface area contributed by atoms with Gasteiger partial charge in [0.25, 0.3) is 5.91 Å². The maximum absolute atomic E-state index is 11.7. The van der Waals surface area contributed by atoms with Gasteiger partial charge >= 0.3 is 5.97 Å². The van der Waals surface area contributed by atoms with Crippen LogP contribution in [0.2, 0.25) is 0 Å². The van der Waals surface area contributed by atoms with Crippen LogP contribution in [0.15, 0.2) is 27.1 Å². The first kappa shape index (κ1) is 15.5. The number of esters is 1. The lowest BCUT2D eigenvalue weighted by Crippen LogP contribution is -2.27. The largest absolute Gasteiger partial charge is 0.454 e. The first-order valence-electron chi connectivity index (χ1n) is 6.09. The zero-order chi connectivity index (χ0) is 14.5. The minimum absolute atomic E-state index is 0.318. The molecule has 0 unspecified atom stereocenters. The van der Waals surface area contributed by atoms with Gasteiger partial charge in [0.1, 0.15) is 0 Å². The third-order valence-electron chi connectivity index (χ3n) is 2.74. The zero-order valence-corrected chi connectivity index (χ0v) is 13.7. The van der Waals surface area contributed by atoms with Gasteiger partial charge < -0.3 is 14.8 Å². The standard InChI is InChI=1S/C13H13Br2NO4/c14-8-3-4-10(9(15)6-8)16-12(17)7-20-13(18)11-2-1-5-19-11/h3-4,6,11H,1-2,5,7H2,(H,16,17)/t11-/m0/s1. The average molecular weight is 407 g/mol. The number of carbonyl (C=O) groups is 2. The lowest BCUT2D eigenvalue weighted by atomic mass is 10.2. The first-order chi connectivity index (χ1) is 9.56. The molecule has 0 aliphatic carbocycles. The predicted octanol–water partition coefficient (Wildman–Crippen LogP) is 2.87. The van der Waals surface area contributed by atoms with Gasteiger partial charge in [-0.05, 0) is 47.0 Å². The van der Waals surface area contributed by atoms with Crippen LogP contribution in [0.4, 0.5) is 5.69 Å². The molecular weight excluding hydrogens is 394 g/mol. The monoisotopic (exact) mass is 405 g/mol. The molecule has 5 nitrogen and oxygen atoms in total. The summed E-state index contributed by atoms with van der Waals surface area (Å²) < 4.78 is 11.7. The van der Waals surface area contributed by atoms with Gasteiger partial charge in [-0.15, -0.1) is 0 Å². The fourth-order valence-corrected chi connectivity index (χ4v) is 2.92. The van der Waals surface area contributed by atoms with E-state index >= 15 is 0 Å². The number of rotatable bonds is 4. The van der Waals surface area contributed by atoms with Crippen molar-refractivity contribution in [2.45, 2.75) is 18.9 Å². The molecule has 1 saturated heterocycles. The van der Waals surface area contributed by atoms with E-state index in [2.05, 4.69) is 37.2 Å². The molecule has 1 atom stereocenters. The number of anilines is 1. The van der Waals surface area contributed by atoms with Crippen molar-refractivity contribution >= 4 is 49.4 Å². The van der Waals surface area contributed by atoms with Gasteiger partial charge in [-0.3, -0.25) is 4.79 Å². The molecule has 0 radical (unpaired) electrons. The van der Waals surface area contributed by atoms with E-state index < -0.39 is 12.1 Å². The van der Waals surface area contributed by atoms with Crippen LogP contribution in [0, 0.1) is 0 Å². The summed E-state index contributed by atoms with van der Waals surface area (Å²) in [6.45, 7) is 0.249. The molecular formula is C13H13Br2NO4. The summed E-state index contributed by atoms with van der Waals surface area (Å²) in [7, 11) is 0. The van der Waals surface area contributed by atoms with E-state index in [4.69, 9.17) is 9.47 Å². The Kier molecular flexibility index (Phi) is 5.56. The summed E-state index contributed by atoms with van der Waals surface area (Å²) in [5.41, 5.74) is 0.617. The maximum Gasteiger partial charge on any atom is 0.335 e. The van der Waals surface area contributed by atoms with Crippen molar-refractivity contribution in [1.82, 2.24) is 0 Å². The van der Waals surface area contributed by atoms with Gasteiger partial charge in [-0.25, -0.2) is 4.79 Å². The molecule has 0 saturated carbocycles. The molecule has 7 heteroatoms. The highest BCUT2D eigenvalue weighted by atomic mass is 79.9. The minimum Gasteiger partial charge on any atom is -0.454 e. The van der Waals surface area contributed by atoms with E-state index in [1.807, 2.05) is 6.07 Å². The Morgan fingerprint density at radius 2 is 2.20 bits per heavy atom. The number of hydrogen-bond donors (Lipinski definition) is 1. The SMILES string of the molecule is O=C(COC(=O)[C@@H]1CCCO1)Nc1ccc(Br)cc1Br. The number of nitrogens with one attached hydrogen (secondary N) is 1. The molecule has 1 amide bonds. The molecule has 108 valence electrons. The average Bonchev–Trinajstić information content (AvgIpc) is 2.93. The second kappa shape index (κ2) is 7.19. The topological polar surface area (TPSA) is 64.6 Å². The van der Waals surface area contributed by atoms with Gasteiger partial charge in [0.15, 0.2) is 12.7 Å². The van der Waals surface area contributed by atoms with Gasteiger partial charge in [0.05, 0.1) is 5.69 Å². The highest BCUT2D eigenvalue weighted by Gasteiger charge is 2.25. The van der Waals surface area contributed by atoms with E-state index in [9.17, 15) is 9.59 Å². The van der Waals surface area contributed by atoms with Crippen LogP contribution in [-0.4, -0.2) is 31.2 Å². The van der Waals surface area contributed by atoms with E-state index in [1.54, 1.807) is 12.1 Å². The van der Waals surface area contributed by atoms with Gasteiger partial charge in [0, 0.05) is 15.6 Å². The predicted molar refractivity (Wildman–Crippen MR) is 80.4 cm³/mol. The fraction of sp³-hybridized carbons (Fsp3) is 0.385. The molecule has 2 rings (SSSR count). The van der Waals surface area contributed by atoms with Crippen molar-refractivity contribution in [2.24, 2.45) is 0 Å². The van der Waals surface area contributed by atoms with E-state index in [0.29, 0.717) is 18.7 Å². The zero-order valence-electron chi connectivity index (χ0n) is 10.5. The number of halogens is 2. The second-order valence-electron chi connectivity index (χ2n) is 4.28. The van der Waals surface area contributed by atoms with Gasteiger partial charge in [0.2, 0.25) is 0 Å². The van der Waals surface area contributed by atoms with E-state index in [0.717, 1.165) is 15.4 Å². The van der Waals surface area contributed by atoms with Crippen LogP contribution in [0.1, 0.15) is 12.8 Å². The number of amides is 1. The van der Waals surface area contributed by atoms with Crippen LogP contribution < -0.4 is 5.32 Å². The van der Waals surface area contributed by atoms with E-state index in [1.165, 1.54) is 0 Å². The summed E-state index contributed by atoms with van der Waals surface area (Å²) in [5.74, 6) is -0.869. The van der Waals surface area contributed by atoms with Crippen LogP contribution in [0.3, 0.4) is 0 Å². The number of benzene rings is 1. The van der Waals surface area contributed by atoms with Crippen molar-refractivity contribution in [2.75, 3.05) is 18.5 Å². The lowest BCUT2D eigenvalue weighted by molar-refractivity contribution is -0.156. The van der Waals surface area contributed by atoms with Crippen LogP contribution in [-0.2, 0) is 19.1 Å². The fourth-order valence-electron chi connectivity index (χ4n) is 1.77. The minimum atomic E-state index is -0.526. The molecule has 1 fully saturated rings. The van der Waals surface area contributed by atoms with Gasteiger partial charge in [-0.2, -0.15) is 0 Å². The van der Waals surface area contributed by atoms with E-state index in [-0.39, 0.29) is 12.5 Å². The molecule has 1 aromatic rings. The highest BCUT2D eigenvalue weighted by molar-refractivity contribution is 9.11. The van der Waals surface area contributed by atoms with Crippen LogP contribution in [0.25, 0.3) is 0 Å². The summed E-state index contributed by atoms with van der Waals surface area (Å²) in [6, 6.07) is 5.36. The number of carbonyl (C=O) groups excluding carboxylic acids is 2. The molecule has 1 aromatic carbocycles. The van der Waals surface area contributed by atoms with Crippen molar-refractivity contribution in [3.05, 3.63) is 27.1 Å². The number of ether oxygens (including phenoxy) is 2. The first-order valence-corrected chi connectivity index (χ1v) is 7.68. The Hall–Kier alpha value is -0.920. The Labute approximate surface area is 133 Å². The van der Waals surface area contributed by atoms with Crippen LogP contribution in [0.5, 0.6) is 0 Å². The van der Waals surface area contributed by atoms with Crippen molar-refractivity contribution in [3.8, 4) is 0 Å². The van der Waals surface area contributed by atoms with Crippen molar-refractivity contribution in [3.63, 3.8) is 0 Å². The molecule has 1 N–H and O–H groups in total. The Morgan fingerprint density at radius 3 is 2.85 bits per heavy atom. The normalized spacial score (nSPS) is 17.8.